The molecule has 238 valence electrons. The summed E-state index contributed by atoms with van der Waals surface area (Å²) in [7, 11) is 1.36. The molecule has 0 aliphatic carbocycles. The average Bonchev–Trinajstić information content (AvgIpc) is 3.76. The molecule has 0 spiro atoms. The molecule has 1 saturated heterocycles. The standard InChI is InChI=1S/C32H40FN3O8/c1-32(20-44-32)28(37)24(16-21-10-6-5-7-11-21)34-31(40)26-19-42-14-8-3-4-9-15-43-27-17-22(33)12-13-23(27)29(38)35-25(18-41-2)30(39)36-26/h5-7,10-13,17,24-26H,3-4,8-9,14-16,18-20H2,1-2H3,(H,34,40)(H,35,38)(H,36,39)/t24-,25-,26-,32+/m0/s1. The van der Waals surface area contributed by atoms with Crippen LogP contribution in [0.1, 0.15) is 48.5 Å². The van der Waals surface area contributed by atoms with Crippen LogP contribution in [0.3, 0.4) is 0 Å². The van der Waals surface area contributed by atoms with Gasteiger partial charge in [-0.3, -0.25) is 19.2 Å². The summed E-state index contributed by atoms with van der Waals surface area (Å²) in [5, 5.41) is 8.06. The highest BCUT2D eigenvalue weighted by atomic mass is 19.1. The van der Waals surface area contributed by atoms with Crippen molar-refractivity contribution in [3.63, 3.8) is 0 Å². The number of hydrogen-bond acceptors (Lipinski definition) is 8. The molecular formula is C32H40FN3O8. The van der Waals surface area contributed by atoms with Crippen molar-refractivity contribution in [3.8, 4) is 5.75 Å². The minimum Gasteiger partial charge on any atom is -0.493 e. The first-order valence-electron chi connectivity index (χ1n) is 14.8. The first-order chi connectivity index (χ1) is 21.2. The number of ketones is 1. The molecular weight excluding hydrogens is 573 g/mol. The molecule has 2 heterocycles. The summed E-state index contributed by atoms with van der Waals surface area (Å²) >= 11 is 0. The largest absolute Gasteiger partial charge is 0.493 e. The Bertz CT molecular complexity index is 1300. The van der Waals surface area contributed by atoms with E-state index in [-0.39, 0.29) is 49.9 Å². The van der Waals surface area contributed by atoms with Gasteiger partial charge in [-0.1, -0.05) is 36.8 Å². The number of nitrogens with one attached hydrogen (secondary N) is 3. The van der Waals surface area contributed by atoms with Crippen LogP contribution in [0.15, 0.2) is 48.5 Å². The molecule has 2 aromatic carbocycles. The average molecular weight is 614 g/mol. The highest BCUT2D eigenvalue weighted by molar-refractivity contribution is 6.01. The van der Waals surface area contributed by atoms with Crippen LogP contribution in [-0.4, -0.2) is 87.4 Å². The first kappa shape index (κ1) is 33.0. The van der Waals surface area contributed by atoms with Crippen LogP contribution in [0.2, 0.25) is 0 Å². The van der Waals surface area contributed by atoms with Crippen molar-refractivity contribution in [3.05, 3.63) is 65.5 Å². The molecule has 4 atom stereocenters. The lowest BCUT2D eigenvalue weighted by atomic mass is 9.94. The monoisotopic (exact) mass is 613 g/mol. The molecule has 0 bridgehead atoms. The number of epoxide rings is 1. The van der Waals surface area contributed by atoms with E-state index in [0.29, 0.717) is 19.4 Å². The third-order valence-corrected chi connectivity index (χ3v) is 7.52. The Kier molecular flexibility index (Phi) is 11.8. The van der Waals surface area contributed by atoms with Crippen molar-refractivity contribution in [1.29, 1.82) is 0 Å². The van der Waals surface area contributed by atoms with Gasteiger partial charge in [-0.15, -0.1) is 0 Å². The molecule has 0 aromatic heterocycles. The number of ether oxygens (including phenoxy) is 4. The lowest BCUT2D eigenvalue weighted by Crippen LogP contribution is -2.59. The van der Waals surface area contributed by atoms with E-state index in [9.17, 15) is 23.6 Å². The van der Waals surface area contributed by atoms with Gasteiger partial charge in [-0.25, -0.2) is 4.39 Å². The van der Waals surface area contributed by atoms with Gasteiger partial charge in [0.1, 0.15) is 29.3 Å². The maximum atomic E-state index is 14.0. The zero-order chi connectivity index (χ0) is 31.5. The van der Waals surface area contributed by atoms with E-state index in [1.807, 2.05) is 30.3 Å². The summed E-state index contributed by atoms with van der Waals surface area (Å²) in [5.41, 5.74) is -0.0838. The van der Waals surface area contributed by atoms with E-state index < -0.39 is 47.3 Å². The smallest absolute Gasteiger partial charge is 0.255 e. The molecule has 2 aliphatic rings. The number of methoxy groups -OCH3 is 1. The van der Waals surface area contributed by atoms with Crippen molar-refractivity contribution >= 4 is 23.5 Å². The van der Waals surface area contributed by atoms with Crippen LogP contribution in [-0.2, 0) is 35.0 Å². The van der Waals surface area contributed by atoms with E-state index in [0.717, 1.165) is 30.5 Å². The molecule has 0 unspecified atom stereocenters. The summed E-state index contributed by atoms with van der Waals surface area (Å²) in [4.78, 5) is 53.6. The Morgan fingerprint density at radius 1 is 1.07 bits per heavy atom. The maximum absolute atomic E-state index is 14.0. The predicted octanol–water partition coefficient (Wildman–Crippen LogP) is 2.11. The molecule has 3 amide bonds. The lowest BCUT2D eigenvalue weighted by Gasteiger charge is -2.26. The number of carbonyl (C=O) groups excluding carboxylic acids is 4. The molecule has 3 N–H and O–H groups in total. The van der Waals surface area contributed by atoms with Crippen molar-refractivity contribution in [2.24, 2.45) is 0 Å². The molecule has 44 heavy (non-hydrogen) atoms. The molecule has 11 nitrogen and oxygen atoms in total. The van der Waals surface area contributed by atoms with Crippen LogP contribution < -0.4 is 20.7 Å². The van der Waals surface area contributed by atoms with Gasteiger partial charge in [-0.2, -0.15) is 0 Å². The number of benzene rings is 2. The Balaban J connectivity index is 1.54. The van der Waals surface area contributed by atoms with Gasteiger partial charge < -0.3 is 34.9 Å². The molecule has 0 saturated carbocycles. The Morgan fingerprint density at radius 3 is 2.50 bits per heavy atom. The quantitative estimate of drug-likeness (QED) is 0.384. The van der Waals surface area contributed by atoms with Crippen LogP contribution in [0.25, 0.3) is 0 Å². The van der Waals surface area contributed by atoms with Gasteiger partial charge in [0.25, 0.3) is 5.91 Å². The van der Waals surface area contributed by atoms with E-state index in [4.69, 9.17) is 18.9 Å². The number of amides is 3. The van der Waals surface area contributed by atoms with Crippen LogP contribution in [0.5, 0.6) is 5.75 Å². The topological polar surface area (TPSA) is 145 Å². The van der Waals surface area contributed by atoms with Crippen molar-refractivity contribution < 1.29 is 42.5 Å². The second-order valence-electron chi connectivity index (χ2n) is 11.2. The Morgan fingerprint density at radius 2 is 1.80 bits per heavy atom. The molecule has 2 aromatic rings. The Hall–Kier alpha value is -3.87. The molecule has 12 heteroatoms. The summed E-state index contributed by atoms with van der Waals surface area (Å²) < 4.78 is 36.0. The van der Waals surface area contributed by atoms with Crippen molar-refractivity contribution in [1.82, 2.24) is 16.0 Å². The Labute approximate surface area is 256 Å². The third kappa shape index (κ3) is 9.31. The van der Waals surface area contributed by atoms with Gasteiger partial charge in [0.2, 0.25) is 11.8 Å². The third-order valence-electron chi connectivity index (χ3n) is 7.52. The number of hydrogen-bond donors (Lipinski definition) is 3. The molecule has 4 rings (SSSR count). The molecule has 2 aliphatic heterocycles. The maximum Gasteiger partial charge on any atom is 0.255 e. The van der Waals surface area contributed by atoms with Crippen molar-refractivity contribution in [2.75, 3.05) is 40.1 Å². The van der Waals surface area contributed by atoms with Gasteiger partial charge in [0.05, 0.1) is 38.0 Å². The van der Waals surface area contributed by atoms with E-state index in [1.54, 1.807) is 6.92 Å². The van der Waals surface area contributed by atoms with Gasteiger partial charge >= 0.3 is 0 Å². The fourth-order valence-electron chi connectivity index (χ4n) is 4.84. The van der Waals surface area contributed by atoms with Crippen LogP contribution >= 0.6 is 0 Å². The summed E-state index contributed by atoms with van der Waals surface area (Å²) in [6.07, 6.45) is 3.22. The SMILES string of the molecule is COC[C@@H]1NC(=O)c2ccc(F)cc2OCCCCCCOC[C@@H](C(=O)N[C@@H](Cc2ccccc2)C(=O)[C@@]2(C)CO2)NC1=O. The van der Waals surface area contributed by atoms with Crippen LogP contribution in [0, 0.1) is 5.82 Å². The van der Waals surface area contributed by atoms with E-state index >= 15 is 0 Å². The van der Waals surface area contributed by atoms with Gasteiger partial charge in [0.15, 0.2) is 5.78 Å². The number of fused-ring (bicyclic) bond motifs is 1. The number of halogens is 1. The predicted molar refractivity (Wildman–Crippen MR) is 158 cm³/mol. The second-order valence-corrected chi connectivity index (χ2v) is 11.2. The minimum atomic E-state index is -1.21. The highest BCUT2D eigenvalue weighted by Crippen LogP contribution is 2.29. The van der Waals surface area contributed by atoms with Gasteiger partial charge in [-0.05, 0) is 50.3 Å². The fraction of sp³-hybridized carbons (Fsp3) is 0.500. The van der Waals surface area contributed by atoms with Crippen molar-refractivity contribution in [2.45, 2.75) is 62.8 Å². The summed E-state index contributed by atoms with van der Waals surface area (Å²) in [5.74, 6) is -2.77. The van der Waals surface area contributed by atoms with E-state index in [1.165, 1.54) is 13.2 Å². The molecule has 0 radical (unpaired) electrons. The number of Topliss-reactive ketones (excluding diaryl/α,β-unsaturated/α-hetero) is 1. The second kappa shape index (κ2) is 15.7. The summed E-state index contributed by atoms with van der Waals surface area (Å²) in [6, 6.07) is 9.50. The number of carbonyl (C=O) groups is 4. The van der Waals surface area contributed by atoms with Crippen LogP contribution in [0.4, 0.5) is 4.39 Å². The normalized spacial score (nSPS) is 24.0. The molecule has 1 fully saturated rings. The fourth-order valence-corrected chi connectivity index (χ4v) is 4.84. The zero-order valence-electron chi connectivity index (χ0n) is 25.1. The number of rotatable bonds is 8. The van der Waals surface area contributed by atoms with E-state index in [2.05, 4.69) is 16.0 Å². The lowest BCUT2D eigenvalue weighted by molar-refractivity contribution is -0.134. The highest BCUT2D eigenvalue weighted by Gasteiger charge is 2.50. The minimum absolute atomic E-state index is 0.0558. The summed E-state index contributed by atoms with van der Waals surface area (Å²) in [6.45, 7) is 2.18. The first-order valence-corrected chi connectivity index (χ1v) is 14.8. The van der Waals surface area contributed by atoms with Gasteiger partial charge in [0, 0.05) is 19.8 Å². The zero-order valence-corrected chi connectivity index (χ0v) is 25.1.